The van der Waals surface area contributed by atoms with E-state index in [1.807, 2.05) is 34.6 Å². The Morgan fingerprint density at radius 2 is 1.72 bits per heavy atom. The Labute approximate surface area is 177 Å². The summed E-state index contributed by atoms with van der Waals surface area (Å²) in [6.45, 7) is 16.4. The predicted octanol–water partition coefficient (Wildman–Crippen LogP) is 3.49. The topological polar surface area (TPSA) is 83.5 Å². The molecule has 29 heavy (non-hydrogen) atoms. The largest absolute Gasteiger partial charge is 0.467 e. The zero-order valence-corrected chi connectivity index (χ0v) is 20.7. The third-order valence-corrected chi connectivity index (χ3v) is 10.6. The summed E-state index contributed by atoms with van der Waals surface area (Å²) in [5.74, 6) is -1.73. The molecular formula is C21H42O7Si. The monoisotopic (exact) mass is 434 g/mol. The first kappa shape index (κ1) is 26.5. The van der Waals surface area contributed by atoms with Gasteiger partial charge in [0.15, 0.2) is 20.2 Å². The quantitative estimate of drug-likeness (QED) is 0.372. The van der Waals surface area contributed by atoms with E-state index < -0.39 is 32.3 Å². The first-order chi connectivity index (χ1) is 13.5. The molecule has 172 valence electrons. The van der Waals surface area contributed by atoms with Crippen molar-refractivity contribution < 1.29 is 33.3 Å². The van der Waals surface area contributed by atoms with Gasteiger partial charge >= 0.3 is 5.97 Å². The summed E-state index contributed by atoms with van der Waals surface area (Å²) in [7, 11) is -0.742. The van der Waals surface area contributed by atoms with Crippen LogP contribution in [0.1, 0.15) is 55.4 Å². The molecule has 0 spiro atoms. The van der Waals surface area contributed by atoms with E-state index in [1.165, 1.54) is 7.11 Å². The number of aliphatic hydroxyl groups excluding tert-OH is 1. The standard InChI is InChI=1S/C21H42O7Si/c1-10-29(11-2,12-3)28-18(16-13-25-21(7,8)27-16)15(6)19(26-14(4)5)17(22)20(23)24-9/h14-19,22H,10-13H2,1-9H3/t15-,16+,17-,18-,19+/m1/s1. The zero-order chi connectivity index (χ0) is 22.4. The van der Waals surface area contributed by atoms with Crippen LogP contribution < -0.4 is 0 Å². The number of ether oxygens (including phenoxy) is 4. The minimum atomic E-state index is -2.00. The molecule has 7 nitrogen and oxygen atoms in total. The van der Waals surface area contributed by atoms with Gasteiger partial charge in [-0.15, -0.1) is 0 Å². The highest BCUT2D eigenvalue weighted by atomic mass is 28.4. The molecule has 1 aliphatic heterocycles. The van der Waals surface area contributed by atoms with E-state index in [0.29, 0.717) is 6.61 Å². The molecule has 1 heterocycles. The third-order valence-electron chi connectivity index (χ3n) is 5.94. The lowest BCUT2D eigenvalue weighted by atomic mass is 9.90. The van der Waals surface area contributed by atoms with Crippen LogP contribution in [0.4, 0.5) is 0 Å². The van der Waals surface area contributed by atoms with Gasteiger partial charge in [-0.3, -0.25) is 0 Å². The molecule has 1 aliphatic rings. The van der Waals surface area contributed by atoms with Crippen molar-refractivity contribution in [2.75, 3.05) is 13.7 Å². The Kier molecular flexibility index (Phi) is 10.2. The van der Waals surface area contributed by atoms with Gasteiger partial charge < -0.3 is 28.5 Å². The minimum Gasteiger partial charge on any atom is -0.467 e. The van der Waals surface area contributed by atoms with Crippen LogP contribution in [0.25, 0.3) is 0 Å². The van der Waals surface area contributed by atoms with Crippen LogP contribution >= 0.6 is 0 Å². The smallest absolute Gasteiger partial charge is 0.337 e. The maximum Gasteiger partial charge on any atom is 0.337 e. The molecule has 8 heteroatoms. The van der Waals surface area contributed by atoms with Gasteiger partial charge in [0, 0.05) is 5.92 Å². The number of hydrogen-bond acceptors (Lipinski definition) is 7. The maximum absolute atomic E-state index is 12.1. The third kappa shape index (κ3) is 7.00. The molecule has 0 aromatic carbocycles. The van der Waals surface area contributed by atoms with E-state index in [2.05, 4.69) is 20.8 Å². The summed E-state index contributed by atoms with van der Waals surface area (Å²) in [5, 5.41) is 10.6. The van der Waals surface area contributed by atoms with Crippen LogP contribution in [-0.2, 0) is 28.2 Å². The Morgan fingerprint density at radius 3 is 2.10 bits per heavy atom. The van der Waals surface area contributed by atoms with Crippen LogP contribution in [-0.4, -0.2) is 69.4 Å². The van der Waals surface area contributed by atoms with Crippen LogP contribution in [0.3, 0.4) is 0 Å². The van der Waals surface area contributed by atoms with Crippen molar-refractivity contribution in [3.05, 3.63) is 0 Å². The average molecular weight is 435 g/mol. The maximum atomic E-state index is 12.1. The van der Waals surface area contributed by atoms with Crippen LogP contribution in [0.2, 0.25) is 18.1 Å². The first-order valence-electron chi connectivity index (χ1n) is 10.9. The van der Waals surface area contributed by atoms with Crippen molar-refractivity contribution in [2.24, 2.45) is 5.92 Å². The van der Waals surface area contributed by atoms with E-state index in [4.69, 9.17) is 23.4 Å². The number of carbonyl (C=O) groups excluding carboxylic acids is 1. The molecule has 1 rings (SSSR count). The molecule has 0 saturated carbocycles. The molecule has 1 saturated heterocycles. The number of aliphatic hydroxyl groups is 1. The lowest BCUT2D eigenvalue weighted by molar-refractivity contribution is -0.179. The van der Waals surface area contributed by atoms with Gasteiger partial charge in [-0.25, -0.2) is 4.79 Å². The Hall–Kier alpha value is -0.513. The van der Waals surface area contributed by atoms with Gasteiger partial charge in [0.2, 0.25) is 0 Å². The number of hydrogen-bond donors (Lipinski definition) is 1. The number of carbonyl (C=O) groups is 1. The van der Waals surface area contributed by atoms with Gasteiger partial charge in [0.25, 0.3) is 0 Å². The van der Waals surface area contributed by atoms with Crippen LogP contribution in [0.15, 0.2) is 0 Å². The summed E-state index contributed by atoms with van der Waals surface area (Å²) in [6.07, 6.45) is -3.03. The van der Waals surface area contributed by atoms with Crippen LogP contribution in [0, 0.1) is 5.92 Å². The van der Waals surface area contributed by atoms with Gasteiger partial charge in [-0.2, -0.15) is 0 Å². The Morgan fingerprint density at radius 1 is 1.17 bits per heavy atom. The van der Waals surface area contributed by atoms with E-state index in [9.17, 15) is 9.90 Å². The Bertz CT molecular complexity index is 499. The minimum absolute atomic E-state index is 0.176. The van der Waals surface area contributed by atoms with E-state index >= 15 is 0 Å². The molecule has 0 radical (unpaired) electrons. The molecule has 1 N–H and O–H groups in total. The Balaban J connectivity index is 3.27. The van der Waals surface area contributed by atoms with Crippen molar-refractivity contribution in [3.63, 3.8) is 0 Å². The van der Waals surface area contributed by atoms with E-state index in [1.54, 1.807) is 0 Å². The second-order valence-corrected chi connectivity index (χ2v) is 13.4. The molecule has 1 fully saturated rings. The molecule has 0 amide bonds. The molecule has 0 bridgehead atoms. The van der Waals surface area contributed by atoms with Crippen molar-refractivity contribution in [1.82, 2.24) is 0 Å². The lowest BCUT2D eigenvalue weighted by Gasteiger charge is -2.41. The summed E-state index contributed by atoms with van der Waals surface area (Å²) in [5.41, 5.74) is 0. The van der Waals surface area contributed by atoms with Crippen molar-refractivity contribution in [2.45, 2.75) is 110 Å². The summed E-state index contributed by atoms with van der Waals surface area (Å²) in [6, 6.07) is 2.94. The highest BCUT2D eigenvalue weighted by molar-refractivity contribution is 6.73. The summed E-state index contributed by atoms with van der Waals surface area (Å²) in [4.78, 5) is 12.1. The second kappa shape index (κ2) is 11.2. The van der Waals surface area contributed by atoms with Crippen molar-refractivity contribution in [1.29, 1.82) is 0 Å². The number of rotatable bonds is 12. The first-order valence-corrected chi connectivity index (χ1v) is 13.4. The fourth-order valence-corrected chi connectivity index (χ4v) is 6.87. The average Bonchev–Trinajstić information content (AvgIpc) is 3.05. The van der Waals surface area contributed by atoms with Gasteiger partial charge in [-0.05, 0) is 45.8 Å². The lowest BCUT2D eigenvalue weighted by Crippen LogP contribution is -2.54. The molecule has 5 atom stereocenters. The van der Waals surface area contributed by atoms with Gasteiger partial charge in [0.05, 0.1) is 32.0 Å². The highest BCUT2D eigenvalue weighted by Gasteiger charge is 2.47. The fourth-order valence-electron chi connectivity index (χ4n) is 3.93. The number of methoxy groups -OCH3 is 1. The number of esters is 1. The molecular weight excluding hydrogens is 392 g/mol. The fraction of sp³-hybridized carbons (Fsp3) is 0.952. The predicted molar refractivity (Wildman–Crippen MR) is 114 cm³/mol. The molecule has 0 aromatic heterocycles. The van der Waals surface area contributed by atoms with E-state index in [0.717, 1.165) is 18.1 Å². The normalized spacial score (nSPS) is 23.6. The summed E-state index contributed by atoms with van der Waals surface area (Å²) < 4.78 is 29.6. The summed E-state index contributed by atoms with van der Waals surface area (Å²) >= 11 is 0. The van der Waals surface area contributed by atoms with E-state index in [-0.39, 0.29) is 24.2 Å². The highest BCUT2D eigenvalue weighted by Crippen LogP contribution is 2.35. The molecule has 0 aliphatic carbocycles. The van der Waals surface area contributed by atoms with Gasteiger partial charge in [-0.1, -0.05) is 27.7 Å². The van der Waals surface area contributed by atoms with Crippen LogP contribution in [0.5, 0.6) is 0 Å². The molecule has 0 aromatic rings. The SMILES string of the molecule is CC[Si](CC)(CC)O[C@H]([C@@H](C)[C@H](OC(C)C)[C@@H](O)C(=O)OC)[C@@H]1COC(C)(C)O1. The second-order valence-electron chi connectivity index (χ2n) is 8.67. The molecule has 0 unspecified atom stereocenters. The van der Waals surface area contributed by atoms with Crippen molar-refractivity contribution >= 4 is 14.3 Å². The zero-order valence-electron chi connectivity index (χ0n) is 19.7. The van der Waals surface area contributed by atoms with Crippen molar-refractivity contribution in [3.8, 4) is 0 Å². The van der Waals surface area contributed by atoms with Gasteiger partial charge in [0.1, 0.15) is 6.10 Å².